The molecule has 1 amide bonds. The van der Waals surface area contributed by atoms with E-state index in [-0.39, 0.29) is 37.2 Å². The number of aromatic nitrogens is 3. The highest BCUT2D eigenvalue weighted by Crippen LogP contribution is 2.44. The molecule has 0 aliphatic carbocycles. The van der Waals surface area contributed by atoms with Gasteiger partial charge in [-0.25, -0.2) is 9.78 Å². The van der Waals surface area contributed by atoms with Gasteiger partial charge < -0.3 is 43.0 Å². The normalized spacial score (nSPS) is 33.9. The van der Waals surface area contributed by atoms with Crippen LogP contribution in [-0.2, 0) is 55.8 Å². The standard InChI is InChI=1S/C51H73N5O11S/c1-12-21-54(10)38-25-32(4)63-48(43(38)59)66-46-34(6)44(65-41(57)26-36-18-16-20-52-28-36)35(7)47(60)64-40(13-2)51(9)45(33(5)42(58)31(3)27-50(46,8)62-11)56(49(61)67-51)23-15-14-22-55-29-37(53-30-55)39-19-17-24-68-39/h12,16-20,24,28-35,38,40,43-46,48,59H,1,13-15,21-23,25-27H2,2-11H3/t31-,32+,33+,34+,35-,38-,40-,43+,44+,45-,46-,48-,50-,51-/m1/s1. The molecule has 3 aromatic heterocycles. The number of carbonyl (C=O) groups excluding carboxylic acids is 4. The lowest BCUT2D eigenvalue weighted by molar-refractivity contribution is -0.302. The van der Waals surface area contributed by atoms with Crippen molar-refractivity contribution >= 4 is 35.2 Å². The van der Waals surface area contributed by atoms with Gasteiger partial charge in [-0.2, -0.15) is 0 Å². The van der Waals surface area contributed by atoms with Crippen LogP contribution in [0.2, 0.25) is 0 Å². The summed E-state index contributed by atoms with van der Waals surface area (Å²) >= 11 is 1.63. The fraction of sp³-hybridized carbons (Fsp3) is 0.647. The molecule has 3 aromatic rings. The number of unbranched alkanes of at least 4 members (excludes halogenated alkanes) is 1. The van der Waals surface area contributed by atoms with Crippen LogP contribution >= 0.6 is 11.3 Å². The highest BCUT2D eigenvalue weighted by Gasteiger charge is 2.60. The second kappa shape index (κ2) is 22.9. The monoisotopic (exact) mass is 964 g/mol. The number of nitrogens with zero attached hydrogens (tertiary/aromatic N) is 5. The van der Waals surface area contributed by atoms with Crippen molar-refractivity contribution < 1.29 is 52.7 Å². The molecule has 374 valence electrons. The molecule has 68 heavy (non-hydrogen) atoms. The third-order valence-corrected chi connectivity index (χ3v) is 15.4. The number of thiophene rings is 1. The molecule has 14 atom stereocenters. The van der Waals surface area contributed by atoms with Crippen molar-refractivity contribution in [1.82, 2.24) is 24.3 Å². The van der Waals surface area contributed by atoms with E-state index in [2.05, 4.69) is 16.5 Å². The average molecular weight is 964 g/mol. The predicted octanol–water partition coefficient (Wildman–Crippen LogP) is 7.13. The van der Waals surface area contributed by atoms with Crippen molar-refractivity contribution in [1.29, 1.82) is 0 Å². The number of fused-ring (bicyclic) bond motifs is 1. The molecular formula is C51H73N5O11S. The Kier molecular flexibility index (Phi) is 17.8. The number of aryl methyl sites for hydroxylation is 1. The smallest absolute Gasteiger partial charge is 0.410 e. The Morgan fingerprint density at radius 2 is 1.84 bits per heavy atom. The van der Waals surface area contributed by atoms with Crippen LogP contribution in [0.15, 0.2) is 67.2 Å². The number of carbonyl (C=O) groups is 4. The summed E-state index contributed by atoms with van der Waals surface area (Å²) in [5.74, 6) is -4.84. The van der Waals surface area contributed by atoms with E-state index in [0.717, 1.165) is 10.6 Å². The zero-order chi connectivity index (χ0) is 49.5. The van der Waals surface area contributed by atoms with E-state index in [0.29, 0.717) is 44.5 Å². The molecule has 0 saturated carbocycles. The average Bonchev–Trinajstić information content (AvgIpc) is 4.08. The number of pyridine rings is 1. The minimum Gasteiger partial charge on any atom is -0.461 e. The molecule has 1 N–H and O–H groups in total. The third-order valence-electron chi connectivity index (χ3n) is 14.5. The van der Waals surface area contributed by atoms with Crippen molar-refractivity contribution in [3.63, 3.8) is 0 Å². The highest BCUT2D eigenvalue weighted by molar-refractivity contribution is 7.13. The van der Waals surface area contributed by atoms with E-state index in [4.69, 9.17) is 28.4 Å². The van der Waals surface area contributed by atoms with Gasteiger partial charge in [0.2, 0.25) is 0 Å². The summed E-state index contributed by atoms with van der Waals surface area (Å²) in [6.45, 7) is 19.7. The number of esters is 2. The Morgan fingerprint density at radius 1 is 1.09 bits per heavy atom. The summed E-state index contributed by atoms with van der Waals surface area (Å²) in [7, 11) is 3.42. The third kappa shape index (κ3) is 11.7. The Hall–Kier alpha value is -4.52. The van der Waals surface area contributed by atoms with E-state index in [9.17, 15) is 19.5 Å². The number of amides is 1. The molecule has 16 nitrogen and oxygen atoms in total. The lowest BCUT2D eigenvalue weighted by atomic mass is 9.73. The number of ketones is 1. The van der Waals surface area contributed by atoms with Gasteiger partial charge in [-0.3, -0.25) is 24.3 Å². The van der Waals surface area contributed by atoms with Gasteiger partial charge in [0.15, 0.2) is 11.9 Å². The second-order valence-corrected chi connectivity index (χ2v) is 20.5. The maximum Gasteiger partial charge on any atom is 0.410 e. The summed E-state index contributed by atoms with van der Waals surface area (Å²) in [6, 6.07) is 6.33. The predicted molar refractivity (Wildman–Crippen MR) is 256 cm³/mol. The van der Waals surface area contributed by atoms with Crippen molar-refractivity contribution in [3.8, 4) is 10.6 Å². The summed E-state index contributed by atoms with van der Waals surface area (Å²) in [6.07, 6.45) is 4.41. The van der Waals surface area contributed by atoms with Gasteiger partial charge in [0.05, 0.1) is 53.1 Å². The van der Waals surface area contributed by atoms with E-state index in [1.54, 1.807) is 73.9 Å². The number of ether oxygens (including phenoxy) is 6. The molecule has 0 unspecified atom stereocenters. The maximum atomic E-state index is 15.1. The Bertz CT molecular complexity index is 2160. The number of methoxy groups -OCH3 is 1. The van der Waals surface area contributed by atoms with Crippen LogP contribution in [0, 0.1) is 23.7 Å². The molecule has 0 spiro atoms. The molecule has 6 rings (SSSR count). The largest absolute Gasteiger partial charge is 0.461 e. The fourth-order valence-corrected chi connectivity index (χ4v) is 11.5. The first-order valence-corrected chi connectivity index (χ1v) is 25.0. The summed E-state index contributed by atoms with van der Waals surface area (Å²) in [4.78, 5) is 71.3. The maximum absolute atomic E-state index is 15.1. The molecule has 0 bridgehead atoms. The van der Waals surface area contributed by atoms with Gasteiger partial charge in [-0.1, -0.05) is 45.9 Å². The first-order valence-electron chi connectivity index (χ1n) is 24.1. The van der Waals surface area contributed by atoms with Crippen LogP contribution in [-0.4, -0.2) is 141 Å². The number of Topliss-reactive ketones (excluding diaryl/α,β-unsaturated/α-hetero) is 1. The van der Waals surface area contributed by atoms with Gasteiger partial charge in [-0.05, 0) is 89.9 Å². The van der Waals surface area contributed by atoms with E-state index in [1.165, 1.54) is 7.11 Å². The van der Waals surface area contributed by atoms with Crippen LogP contribution in [0.25, 0.3) is 10.6 Å². The minimum absolute atomic E-state index is 0.114. The lowest BCUT2D eigenvalue weighted by Crippen LogP contribution is -2.61. The zero-order valence-electron chi connectivity index (χ0n) is 41.4. The first kappa shape index (κ1) is 52.8. The quantitative estimate of drug-likeness (QED) is 0.0663. The van der Waals surface area contributed by atoms with Gasteiger partial charge in [0.1, 0.15) is 24.1 Å². The van der Waals surface area contributed by atoms with E-state index < -0.39 is 89.7 Å². The number of likely N-dealkylation sites (N-methyl/N-ethyl adjacent to an activating group) is 1. The van der Waals surface area contributed by atoms with E-state index >= 15 is 4.79 Å². The number of imidazole rings is 1. The lowest BCUT2D eigenvalue weighted by Gasteiger charge is -2.48. The van der Waals surface area contributed by atoms with Gasteiger partial charge in [0.25, 0.3) is 0 Å². The molecule has 0 aromatic carbocycles. The number of aliphatic hydroxyl groups excluding tert-OH is 1. The molecule has 0 radical (unpaired) electrons. The van der Waals surface area contributed by atoms with Crippen LogP contribution in [0.1, 0.15) is 93.1 Å². The minimum atomic E-state index is -1.44. The summed E-state index contributed by atoms with van der Waals surface area (Å²) in [5.41, 5.74) is -1.23. The van der Waals surface area contributed by atoms with Crippen molar-refractivity contribution in [2.75, 3.05) is 27.2 Å². The fourth-order valence-electron chi connectivity index (χ4n) is 10.8. The Balaban J connectivity index is 1.35. The van der Waals surface area contributed by atoms with Crippen LogP contribution in [0.4, 0.5) is 4.79 Å². The van der Waals surface area contributed by atoms with Gasteiger partial charge in [0, 0.05) is 69.1 Å². The molecule has 3 aliphatic heterocycles. The first-order chi connectivity index (χ1) is 32.3. The number of hydrogen-bond donors (Lipinski definition) is 1. The number of hydrogen-bond acceptors (Lipinski definition) is 15. The second-order valence-electron chi connectivity index (χ2n) is 19.6. The topological polar surface area (TPSA) is 181 Å². The molecule has 3 aliphatic rings. The Labute approximate surface area is 405 Å². The number of cyclic esters (lactones) is 1. The van der Waals surface area contributed by atoms with Crippen LogP contribution < -0.4 is 0 Å². The molecule has 3 saturated heterocycles. The van der Waals surface area contributed by atoms with Gasteiger partial charge >= 0.3 is 18.0 Å². The van der Waals surface area contributed by atoms with E-state index in [1.807, 2.05) is 74.8 Å². The van der Waals surface area contributed by atoms with Crippen molar-refractivity contribution in [3.05, 3.63) is 72.8 Å². The van der Waals surface area contributed by atoms with Crippen molar-refractivity contribution in [2.24, 2.45) is 23.7 Å². The number of rotatable bonds is 16. The number of aliphatic hydroxyl groups is 1. The molecule has 3 fully saturated rings. The molecule has 17 heteroatoms. The van der Waals surface area contributed by atoms with Crippen LogP contribution in [0.5, 0.6) is 0 Å². The summed E-state index contributed by atoms with van der Waals surface area (Å²) < 4.78 is 40.8. The Morgan fingerprint density at radius 3 is 2.50 bits per heavy atom. The zero-order valence-corrected chi connectivity index (χ0v) is 42.3. The van der Waals surface area contributed by atoms with Crippen molar-refractivity contribution in [2.45, 2.75) is 161 Å². The molecule has 6 heterocycles. The van der Waals surface area contributed by atoms with Gasteiger partial charge in [-0.15, -0.1) is 17.9 Å². The molecular weight excluding hydrogens is 891 g/mol. The SMILES string of the molecule is C=CCN(C)[C@@H]1C[C@H](C)O[C@H](O[C@@H]2[C@@H](C)[C@H](OC(=O)Cc3cccnc3)[C@@H](C)C(=O)O[C@H](CC)[C@@]3(C)OC(=O)N(CCCCn4cnc(-c5cccs5)c4)[C@@H]3[C@@H](C)C(=O)[C@H](C)C[C@@]2(C)OC)[C@H]1O. The summed E-state index contributed by atoms with van der Waals surface area (Å²) in [5, 5.41) is 13.9. The highest BCUT2D eigenvalue weighted by atomic mass is 32.1. The van der Waals surface area contributed by atoms with Crippen LogP contribution in [0.3, 0.4) is 0 Å².